The molecule has 0 radical (unpaired) electrons. The number of nitrogens with zero attached hydrogens (tertiary/aromatic N) is 1. The van der Waals surface area contributed by atoms with Gasteiger partial charge in [-0.1, -0.05) is 6.92 Å². The van der Waals surface area contributed by atoms with E-state index in [-0.39, 0.29) is 6.10 Å². The fraction of sp³-hybridized carbons (Fsp3) is 1.00. The average Bonchev–Trinajstić information content (AvgIpc) is 1.99. The van der Waals surface area contributed by atoms with E-state index in [1.165, 1.54) is 0 Å². The number of hydrogen-bond donors (Lipinski definition) is 2. The maximum atomic E-state index is 9.48. The second-order valence-corrected chi connectivity index (χ2v) is 3.90. The van der Waals surface area contributed by atoms with Crippen LogP contribution in [0.2, 0.25) is 0 Å². The zero-order valence-electron chi connectivity index (χ0n) is 7.87. The first-order valence-corrected chi connectivity index (χ1v) is 4.83. The highest BCUT2D eigenvalue weighted by Crippen LogP contribution is 2.15. The van der Waals surface area contributed by atoms with E-state index in [0.717, 1.165) is 39.0 Å². The molecule has 12 heavy (non-hydrogen) atoms. The van der Waals surface area contributed by atoms with E-state index in [2.05, 4.69) is 11.8 Å². The largest absolute Gasteiger partial charge is 0.392 e. The van der Waals surface area contributed by atoms with Crippen LogP contribution in [-0.2, 0) is 0 Å². The van der Waals surface area contributed by atoms with Gasteiger partial charge in [-0.15, -0.1) is 0 Å². The summed E-state index contributed by atoms with van der Waals surface area (Å²) in [7, 11) is 0. The highest BCUT2D eigenvalue weighted by atomic mass is 16.3. The lowest BCUT2D eigenvalue weighted by Crippen LogP contribution is -2.43. The quantitative estimate of drug-likeness (QED) is 0.632. The third kappa shape index (κ3) is 3.09. The van der Waals surface area contributed by atoms with Crippen LogP contribution in [0.3, 0.4) is 0 Å². The van der Waals surface area contributed by atoms with Crippen LogP contribution in [0.4, 0.5) is 0 Å². The molecule has 3 heteroatoms. The highest BCUT2D eigenvalue weighted by molar-refractivity contribution is 4.76. The Bertz CT molecular complexity index is 120. The van der Waals surface area contributed by atoms with Crippen molar-refractivity contribution in [3.05, 3.63) is 0 Å². The van der Waals surface area contributed by atoms with Crippen LogP contribution in [0.1, 0.15) is 19.8 Å². The first kappa shape index (κ1) is 9.96. The molecule has 0 aromatic rings. The molecule has 0 amide bonds. The second-order valence-electron chi connectivity index (χ2n) is 3.90. The first-order valence-electron chi connectivity index (χ1n) is 4.83. The van der Waals surface area contributed by atoms with Gasteiger partial charge >= 0.3 is 0 Å². The molecule has 72 valence electrons. The van der Waals surface area contributed by atoms with E-state index >= 15 is 0 Å². The Kier molecular flexibility index (Phi) is 3.98. The number of piperidine rings is 1. The minimum Gasteiger partial charge on any atom is -0.392 e. The number of aliphatic hydroxyl groups is 1. The van der Waals surface area contributed by atoms with Gasteiger partial charge < -0.3 is 15.7 Å². The molecule has 1 saturated heterocycles. The molecule has 0 aromatic carbocycles. The SMILES string of the molecule is C[C@@H]1C[C@H](O)CN(CCCN)C1. The number of β-amino-alcohol motifs (C(OH)–C–C–N with tert-alkyl or cyclic N) is 1. The molecule has 0 bridgehead atoms. The smallest absolute Gasteiger partial charge is 0.0670 e. The van der Waals surface area contributed by atoms with Gasteiger partial charge in [-0.05, 0) is 31.8 Å². The molecule has 0 spiro atoms. The number of rotatable bonds is 3. The van der Waals surface area contributed by atoms with Crippen molar-refractivity contribution >= 4 is 0 Å². The monoisotopic (exact) mass is 172 g/mol. The minimum absolute atomic E-state index is 0.119. The normalized spacial score (nSPS) is 32.2. The number of likely N-dealkylation sites (tertiary alicyclic amines) is 1. The molecule has 0 aliphatic carbocycles. The molecule has 2 atom stereocenters. The lowest BCUT2D eigenvalue weighted by Gasteiger charge is -2.33. The van der Waals surface area contributed by atoms with E-state index in [4.69, 9.17) is 5.73 Å². The summed E-state index contributed by atoms with van der Waals surface area (Å²) in [6.07, 6.45) is 1.88. The number of aliphatic hydroxyl groups excluding tert-OH is 1. The van der Waals surface area contributed by atoms with Crippen molar-refractivity contribution in [2.24, 2.45) is 11.7 Å². The predicted molar refractivity (Wildman–Crippen MR) is 49.9 cm³/mol. The topological polar surface area (TPSA) is 49.5 Å². The van der Waals surface area contributed by atoms with Crippen molar-refractivity contribution in [1.29, 1.82) is 0 Å². The van der Waals surface area contributed by atoms with Crippen molar-refractivity contribution in [2.45, 2.75) is 25.9 Å². The molecule has 1 aliphatic heterocycles. The Morgan fingerprint density at radius 1 is 1.50 bits per heavy atom. The average molecular weight is 172 g/mol. The van der Waals surface area contributed by atoms with E-state index in [1.54, 1.807) is 0 Å². The molecule has 1 aliphatic rings. The van der Waals surface area contributed by atoms with Crippen LogP contribution in [-0.4, -0.2) is 42.3 Å². The van der Waals surface area contributed by atoms with Gasteiger partial charge in [0.25, 0.3) is 0 Å². The Morgan fingerprint density at radius 3 is 2.83 bits per heavy atom. The lowest BCUT2D eigenvalue weighted by atomic mass is 9.98. The number of nitrogens with two attached hydrogens (primary N) is 1. The van der Waals surface area contributed by atoms with Crippen molar-refractivity contribution in [3.63, 3.8) is 0 Å². The van der Waals surface area contributed by atoms with Gasteiger partial charge in [0.15, 0.2) is 0 Å². The van der Waals surface area contributed by atoms with Crippen LogP contribution < -0.4 is 5.73 Å². The molecular formula is C9H20N2O. The summed E-state index contributed by atoms with van der Waals surface area (Å²) in [6.45, 7) is 5.94. The van der Waals surface area contributed by atoms with Crippen LogP contribution in [0.5, 0.6) is 0 Å². The highest BCUT2D eigenvalue weighted by Gasteiger charge is 2.21. The maximum Gasteiger partial charge on any atom is 0.0670 e. The minimum atomic E-state index is -0.119. The van der Waals surface area contributed by atoms with Crippen molar-refractivity contribution in [2.75, 3.05) is 26.2 Å². The summed E-state index contributed by atoms with van der Waals surface area (Å²) >= 11 is 0. The molecule has 1 rings (SSSR count). The zero-order valence-corrected chi connectivity index (χ0v) is 7.87. The van der Waals surface area contributed by atoms with Crippen molar-refractivity contribution in [3.8, 4) is 0 Å². The van der Waals surface area contributed by atoms with Crippen LogP contribution in [0.15, 0.2) is 0 Å². The van der Waals surface area contributed by atoms with Gasteiger partial charge in [-0.2, -0.15) is 0 Å². The second kappa shape index (κ2) is 4.80. The summed E-state index contributed by atoms with van der Waals surface area (Å²) in [5.41, 5.74) is 5.43. The molecule has 0 saturated carbocycles. The molecular weight excluding hydrogens is 152 g/mol. The molecule has 0 unspecified atom stereocenters. The van der Waals surface area contributed by atoms with Gasteiger partial charge in [0.2, 0.25) is 0 Å². The number of hydrogen-bond acceptors (Lipinski definition) is 3. The van der Waals surface area contributed by atoms with E-state index < -0.39 is 0 Å². The summed E-state index contributed by atoms with van der Waals surface area (Å²) in [4.78, 5) is 2.31. The summed E-state index contributed by atoms with van der Waals surface area (Å²) in [6, 6.07) is 0. The third-order valence-corrected chi connectivity index (χ3v) is 2.39. The van der Waals surface area contributed by atoms with Crippen LogP contribution >= 0.6 is 0 Å². The van der Waals surface area contributed by atoms with E-state index in [9.17, 15) is 5.11 Å². The third-order valence-electron chi connectivity index (χ3n) is 2.39. The predicted octanol–water partition coefficient (Wildman–Crippen LogP) is 0.0379. The Labute approximate surface area is 74.5 Å². The lowest BCUT2D eigenvalue weighted by molar-refractivity contribution is 0.0446. The summed E-state index contributed by atoms with van der Waals surface area (Å²) in [5.74, 6) is 0.631. The molecule has 1 heterocycles. The van der Waals surface area contributed by atoms with Gasteiger partial charge in [-0.3, -0.25) is 0 Å². The summed E-state index contributed by atoms with van der Waals surface area (Å²) in [5, 5.41) is 9.48. The fourth-order valence-electron chi connectivity index (χ4n) is 1.92. The standard InChI is InChI=1S/C9H20N2O/c1-8-5-9(12)7-11(6-8)4-2-3-10/h8-9,12H,2-7,10H2,1H3/t8-,9+/m1/s1. The molecule has 1 fully saturated rings. The van der Waals surface area contributed by atoms with Gasteiger partial charge in [-0.25, -0.2) is 0 Å². The Balaban J connectivity index is 2.24. The van der Waals surface area contributed by atoms with Crippen molar-refractivity contribution < 1.29 is 5.11 Å². The molecule has 3 N–H and O–H groups in total. The van der Waals surface area contributed by atoms with Gasteiger partial charge in [0.05, 0.1) is 6.10 Å². The van der Waals surface area contributed by atoms with Crippen LogP contribution in [0.25, 0.3) is 0 Å². The maximum absolute atomic E-state index is 9.48. The van der Waals surface area contributed by atoms with E-state index in [0.29, 0.717) is 5.92 Å². The van der Waals surface area contributed by atoms with Crippen molar-refractivity contribution in [1.82, 2.24) is 4.90 Å². The molecule has 0 aromatic heterocycles. The first-order chi connectivity index (χ1) is 5.72. The zero-order chi connectivity index (χ0) is 8.97. The summed E-state index contributed by atoms with van der Waals surface area (Å²) < 4.78 is 0. The van der Waals surface area contributed by atoms with Gasteiger partial charge in [0.1, 0.15) is 0 Å². The van der Waals surface area contributed by atoms with Crippen LogP contribution in [0, 0.1) is 5.92 Å². The fourth-order valence-corrected chi connectivity index (χ4v) is 1.92. The Morgan fingerprint density at radius 2 is 2.25 bits per heavy atom. The Hall–Kier alpha value is -0.120. The molecule has 3 nitrogen and oxygen atoms in total. The van der Waals surface area contributed by atoms with Gasteiger partial charge in [0, 0.05) is 13.1 Å². The van der Waals surface area contributed by atoms with E-state index in [1.807, 2.05) is 0 Å².